The third-order valence-electron chi connectivity index (χ3n) is 4.02. The minimum absolute atomic E-state index is 0.0884. The zero-order valence-electron chi connectivity index (χ0n) is 13.5. The van der Waals surface area contributed by atoms with Crippen LogP contribution in [0.1, 0.15) is 56.9 Å². The molecule has 122 valence electrons. The lowest BCUT2D eigenvalue weighted by Crippen LogP contribution is -2.27. The highest BCUT2D eigenvalue weighted by atomic mass is 35.5. The molecule has 0 spiro atoms. The Hall–Kier alpha value is -1.88. The smallest absolute Gasteiger partial charge is 0.249 e. The van der Waals surface area contributed by atoms with E-state index in [2.05, 4.69) is 10.1 Å². The molecule has 1 aliphatic heterocycles. The summed E-state index contributed by atoms with van der Waals surface area (Å²) >= 11 is 6.22. The minimum atomic E-state index is -0.183. The summed E-state index contributed by atoms with van der Waals surface area (Å²) < 4.78 is 5.43. The Kier molecular flexibility index (Phi) is 4.15. The Labute approximate surface area is 140 Å². The first-order chi connectivity index (χ1) is 10.9. The first-order valence-corrected chi connectivity index (χ1v) is 8.11. The molecule has 0 aliphatic carbocycles. The molecule has 1 saturated heterocycles. The molecular weight excluding hydrogens is 314 g/mol. The van der Waals surface area contributed by atoms with E-state index in [-0.39, 0.29) is 17.4 Å². The fourth-order valence-electron chi connectivity index (χ4n) is 2.67. The van der Waals surface area contributed by atoms with E-state index in [1.54, 1.807) is 4.90 Å². The van der Waals surface area contributed by atoms with Crippen LogP contribution >= 0.6 is 11.6 Å². The standard InChI is InChI=1S/C17H20ClN3O2/c1-17(2,3)16-19-15(23-20-16)13-8-9-14(22)21(13)10-11-6-4-5-7-12(11)18/h4-7,13H,8-10H2,1-3H3. The maximum absolute atomic E-state index is 12.3. The van der Waals surface area contributed by atoms with Crippen molar-refractivity contribution >= 4 is 17.5 Å². The summed E-state index contributed by atoms with van der Waals surface area (Å²) in [5, 5.41) is 4.73. The first-order valence-electron chi connectivity index (χ1n) is 7.73. The van der Waals surface area contributed by atoms with Gasteiger partial charge in [-0.3, -0.25) is 4.79 Å². The van der Waals surface area contributed by atoms with Crippen LogP contribution in [0.2, 0.25) is 5.02 Å². The maximum atomic E-state index is 12.3. The van der Waals surface area contributed by atoms with Crippen LogP contribution in [0.15, 0.2) is 28.8 Å². The number of carbonyl (C=O) groups is 1. The van der Waals surface area contributed by atoms with E-state index in [1.165, 1.54) is 0 Å². The van der Waals surface area contributed by atoms with Crippen LogP contribution in [0.5, 0.6) is 0 Å². The van der Waals surface area contributed by atoms with Gasteiger partial charge in [0.1, 0.15) is 6.04 Å². The van der Waals surface area contributed by atoms with Gasteiger partial charge in [-0.05, 0) is 18.1 Å². The summed E-state index contributed by atoms with van der Waals surface area (Å²) in [7, 11) is 0. The number of likely N-dealkylation sites (tertiary alicyclic amines) is 1. The third-order valence-corrected chi connectivity index (χ3v) is 4.39. The Balaban J connectivity index is 1.85. The van der Waals surface area contributed by atoms with Crippen molar-refractivity contribution in [3.8, 4) is 0 Å². The average Bonchev–Trinajstić information content (AvgIpc) is 3.09. The summed E-state index contributed by atoms with van der Waals surface area (Å²) in [6.07, 6.45) is 1.18. The van der Waals surface area contributed by atoms with Gasteiger partial charge < -0.3 is 9.42 Å². The van der Waals surface area contributed by atoms with Gasteiger partial charge in [0.25, 0.3) is 0 Å². The molecular formula is C17H20ClN3O2. The monoisotopic (exact) mass is 333 g/mol. The SMILES string of the molecule is CC(C)(C)c1noc(C2CCC(=O)N2Cc2ccccc2Cl)n1. The molecule has 1 unspecified atom stereocenters. The molecule has 1 aromatic carbocycles. The quantitative estimate of drug-likeness (QED) is 0.855. The normalized spacial score (nSPS) is 18.7. The van der Waals surface area contributed by atoms with Crippen LogP contribution in [0.25, 0.3) is 0 Å². The summed E-state index contributed by atoms with van der Waals surface area (Å²) in [6.45, 7) is 6.55. The van der Waals surface area contributed by atoms with Gasteiger partial charge in [0.05, 0.1) is 0 Å². The lowest BCUT2D eigenvalue weighted by Gasteiger charge is -2.22. The Morgan fingerprint density at radius 2 is 2.09 bits per heavy atom. The summed E-state index contributed by atoms with van der Waals surface area (Å²) in [5.41, 5.74) is 0.739. The molecule has 0 N–H and O–H groups in total. The number of benzene rings is 1. The molecule has 0 saturated carbocycles. The fraction of sp³-hybridized carbons (Fsp3) is 0.471. The van der Waals surface area contributed by atoms with Crippen molar-refractivity contribution in [3.05, 3.63) is 46.6 Å². The summed E-state index contributed by atoms with van der Waals surface area (Å²) in [4.78, 5) is 18.6. The van der Waals surface area contributed by atoms with Gasteiger partial charge >= 0.3 is 0 Å². The van der Waals surface area contributed by atoms with Crippen molar-refractivity contribution in [1.82, 2.24) is 15.0 Å². The van der Waals surface area contributed by atoms with Crippen molar-refractivity contribution in [3.63, 3.8) is 0 Å². The average molecular weight is 334 g/mol. The van der Waals surface area contributed by atoms with E-state index in [4.69, 9.17) is 16.1 Å². The second kappa shape index (κ2) is 5.96. The Morgan fingerprint density at radius 3 is 2.74 bits per heavy atom. The highest BCUT2D eigenvalue weighted by Gasteiger charge is 2.37. The molecule has 1 aliphatic rings. The van der Waals surface area contributed by atoms with Crippen molar-refractivity contribution in [2.75, 3.05) is 0 Å². The number of hydrogen-bond acceptors (Lipinski definition) is 4. The number of hydrogen-bond donors (Lipinski definition) is 0. The Morgan fingerprint density at radius 1 is 1.35 bits per heavy atom. The first kappa shape index (κ1) is 16.0. The summed E-state index contributed by atoms with van der Waals surface area (Å²) in [5.74, 6) is 1.25. The fourth-order valence-corrected chi connectivity index (χ4v) is 2.87. The van der Waals surface area contributed by atoms with E-state index in [9.17, 15) is 4.79 Å². The second-order valence-corrected chi connectivity index (χ2v) is 7.28. The van der Waals surface area contributed by atoms with Gasteiger partial charge in [0, 0.05) is 23.4 Å². The molecule has 23 heavy (non-hydrogen) atoms. The van der Waals surface area contributed by atoms with Crippen LogP contribution in [0.3, 0.4) is 0 Å². The number of nitrogens with zero attached hydrogens (tertiary/aromatic N) is 3. The number of aromatic nitrogens is 2. The highest BCUT2D eigenvalue weighted by molar-refractivity contribution is 6.31. The van der Waals surface area contributed by atoms with Crippen LogP contribution in [0, 0.1) is 0 Å². The lowest BCUT2D eigenvalue weighted by molar-refractivity contribution is -0.129. The predicted molar refractivity (Wildman–Crippen MR) is 87.0 cm³/mol. The van der Waals surface area contributed by atoms with Crippen molar-refractivity contribution < 1.29 is 9.32 Å². The number of carbonyl (C=O) groups excluding carboxylic acids is 1. The van der Waals surface area contributed by atoms with Crippen molar-refractivity contribution in [2.45, 2.75) is 51.6 Å². The van der Waals surface area contributed by atoms with E-state index < -0.39 is 0 Å². The molecule has 2 aromatic rings. The van der Waals surface area contributed by atoms with E-state index in [1.807, 2.05) is 45.0 Å². The van der Waals surface area contributed by atoms with Crippen molar-refractivity contribution in [1.29, 1.82) is 0 Å². The van der Waals surface area contributed by atoms with Crippen LogP contribution in [-0.4, -0.2) is 20.9 Å². The third kappa shape index (κ3) is 3.24. The largest absolute Gasteiger partial charge is 0.337 e. The van der Waals surface area contributed by atoms with E-state index in [0.717, 1.165) is 5.56 Å². The molecule has 0 radical (unpaired) electrons. The summed E-state index contributed by atoms with van der Waals surface area (Å²) in [6, 6.07) is 7.38. The molecule has 1 atom stereocenters. The van der Waals surface area contributed by atoms with Gasteiger partial charge in [-0.2, -0.15) is 4.98 Å². The molecule has 2 heterocycles. The van der Waals surface area contributed by atoms with E-state index in [0.29, 0.717) is 36.1 Å². The lowest BCUT2D eigenvalue weighted by atomic mass is 9.96. The molecule has 1 fully saturated rings. The van der Waals surface area contributed by atoms with E-state index >= 15 is 0 Å². The minimum Gasteiger partial charge on any atom is -0.337 e. The highest BCUT2D eigenvalue weighted by Crippen LogP contribution is 2.35. The molecule has 1 amide bonds. The number of amides is 1. The topological polar surface area (TPSA) is 59.2 Å². The van der Waals surface area contributed by atoms with Crippen LogP contribution < -0.4 is 0 Å². The molecule has 6 heteroatoms. The van der Waals surface area contributed by atoms with Gasteiger partial charge in [0.15, 0.2) is 5.82 Å². The molecule has 5 nitrogen and oxygen atoms in total. The van der Waals surface area contributed by atoms with Gasteiger partial charge in [-0.1, -0.05) is 55.7 Å². The zero-order valence-corrected chi connectivity index (χ0v) is 14.3. The van der Waals surface area contributed by atoms with Crippen molar-refractivity contribution in [2.24, 2.45) is 0 Å². The maximum Gasteiger partial charge on any atom is 0.249 e. The molecule has 3 rings (SSSR count). The van der Waals surface area contributed by atoms with Crippen LogP contribution in [0.4, 0.5) is 0 Å². The Bertz CT molecular complexity index is 721. The second-order valence-electron chi connectivity index (χ2n) is 6.87. The predicted octanol–water partition coefficient (Wildman–Crippen LogP) is 3.88. The van der Waals surface area contributed by atoms with Gasteiger partial charge in [-0.15, -0.1) is 0 Å². The number of halogens is 1. The van der Waals surface area contributed by atoms with Gasteiger partial charge in [-0.25, -0.2) is 0 Å². The zero-order chi connectivity index (χ0) is 16.6. The van der Waals surface area contributed by atoms with Crippen LogP contribution in [-0.2, 0) is 16.8 Å². The number of rotatable bonds is 3. The van der Waals surface area contributed by atoms with Gasteiger partial charge in [0.2, 0.25) is 11.8 Å². The molecule has 1 aromatic heterocycles. The molecule has 0 bridgehead atoms.